The predicted molar refractivity (Wildman–Crippen MR) is 56.5 cm³/mol. The molecule has 1 aromatic heterocycles. The number of anilines is 1. The van der Waals surface area contributed by atoms with E-state index in [2.05, 4.69) is 10.2 Å². The zero-order valence-electron chi connectivity index (χ0n) is 8.15. The topological polar surface area (TPSA) is 95.2 Å². The molecule has 0 atom stereocenters. The molecule has 0 unspecified atom stereocenters. The largest absolute Gasteiger partial charge is 0.508 e. The van der Waals surface area contributed by atoms with Crippen molar-refractivity contribution in [2.75, 3.05) is 5.73 Å². The van der Waals surface area contributed by atoms with Crippen LogP contribution in [0.25, 0.3) is 11.3 Å². The van der Waals surface area contributed by atoms with Gasteiger partial charge in [0.25, 0.3) is 0 Å². The van der Waals surface area contributed by atoms with Crippen molar-refractivity contribution < 1.29 is 10.2 Å². The van der Waals surface area contributed by atoms with E-state index < -0.39 is 0 Å². The summed E-state index contributed by atoms with van der Waals surface area (Å²) in [6, 6.07) is 4.54. The first-order chi connectivity index (χ1) is 7.08. The summed E-state index contributed by atoms with van der Waals surface area (Å²) in [5.74, 6) is 0.536. The van der Waals surface area contributed by atoms with E-state index in [1.807, 2.05) is 0 Å². The zero-order chi connectivity index (χ0) is 11.0. The van der Waals surface area contributed by atoms with Gasteiger partial charge >= 0.3 is 0 Å². The summed E-state index contributed by atoms with van der Waals surface area (Å²) in [4.78, 5) is 0. The normalized spacial score (nSPS) is 10.5. The molecular weight excluding hydrogens is 194 g/mol. The first kappa shape index (κ1) is 9.39. The Morgan fingerprint density at radius 1 is 1.20 bits per heavy atom. The van der Waals surface area contributed by atoms with Gasteiger partial charge in [-0.25, -0.2) is 0 Å². The van der Waals surface area contributed by atoms with Crippen molar-refractivity contribution in [3.05, 3.63) is 23.8 Å². The number of nitrogens with one attached hydrogen (secondary N) is 1. The second kappa shape index (κ2) is 3.20. The lowest BCUT2D eigenvalue weighted by Crippen LogP contribution is -1.82. The molecule has 15 heavy (non-hydrogen) atoms. The molecule has 1 heterocycles. The van der Waals surface area contributed by atoms with Crippen LogP contribution in [0.2, 0.25) is 0 Å². The van der Waals surface area contributed by atoms with Crippen LogP contribution in [-0.2, 0) is 0 Å². The molecule has 0 spiro atoms. The summed E-state index contributed by atoms with van der Waals surface area (Å²) < 4.78 is 0. The van der Waals surface area contributed by atoms with Gasteiger partial charge < -0.3 is 15.9 Å². The number of aryl methyl sites for hydroxylation is 1. The highest BCUT2D eigenvalue weighted by Crippen LogP contribution is 2.33. The standard InChI is InChI=1S/C10H11N3O2/c1-5-2-9(15)6(3-8(5)14)7-4-10(11)13-12-7/h2-4,14-15H,1H3,(H3,11,12,13). The number of aromatic hydroxyl groups is 2. The summed E-state index contributed by atoms with van der Waals surface area (Å²) in [5.41, 5.74) is 7.11. The molecule has 0 saturated carbocycles. The molecule has 0 aliphatic rings. The van der Waals surface area contributed by atoms with E-state index in [4.69, 9.17) is 5.73 Å². The lowest BCUT2D eigenvalue weighted by molar-refractivity contribution is 0.458. The number of H-pyrrole nitrogens is 1. The van der Waals surface area contributed by atoms with Crippen LogP contribution in [0.3, 0.4) is 0 Å². The molecule has 5 heteroatoms. The Labute approximate surface area is 86.2 Å². The molecule has 0 aliphatic carbocycles. The molecule has 0 amide bonds. The summed E-state index contributed by atoms with van der Waals surface area (Å²) in [6.45, 7) is 1.71. The fourth-order valence-corrected chi connectivity index (χ4v) is 1.37. The molecule has 0 bridgehead atoms. The lowest BCUT2D eigenvalue weighted by atomic mass is 10.1. The van der Waals surface area contributed by atoms with Crippen LogP contribution in [0.4, 0.5) is 5.82 Å². The number of phenolic OH excluding ortho intramolecular Hbond substituents is 2. The quantitative estimate of drug-likeness (QED) is 0.529. The minimum Gasteiger partial charge on any atom is -0.508 e. The average Bonchev–Trinajstić information content (AvgIpc) is 2.58. The number of nitrogens with zero attached hydrogens (tertiary/aromatic N) is 1. The van der Waals surface area contributed by atoms with Crippen molar-refractivity contribution in [2.24, 2.45) is 0 Å². The van der Waals surface area contributed by atoms with E-state index in [9.17, 15) is 10.2 Å². The zero-order valence-corrected chi connectivity index (χ0v) is 8.15. The molecule has 0 radical (unpaired) electrons. The van der Waals surface area contributed by atoms with Gasteiger partial charge in [0.15, 0.2) is 0 Å². The Morgan fingerprint density at radius 3 is 2.53 bits per heavy atom. The molecule has 1 aromatic carbocycles. The van der Waals surface area contributed by atoms with Crippen molar-refractivity contribution in [2.45, 2.75) is 6.92 Å². The van der Waals surface area contributed by atoms with Gasteiger partial charge in [-0.2, -0.15) is 5.10 Å². The number of aromatic nitrogens is 2. The van der Waals surface area contributed by atoms with E-state index in [0.29, 0.717) is 22.6 Å². The monoisotopic (exact) mass is 205 g/mol. The van der Waals surface area contributed by atoms with E-state index in [0.717, 1.165) is 0 Å². The smallest absolute Gasteiger partial charge is 0.145 e. The highest BCUT2D eigenvalue weighted by molar-refractivity contribution is 5.71. The van der Waals surface area contributed by atoms with Crippen LogP contribution in [-0.4, -0.2) is 20.4 Å². The summed E-state index contributed by atoms with van der Waals surface area (Å²) >= 11 is 0. The van der Waals surface area contributed by atoms with Gasteiger partial charge in [0.05, 0.1) is 5.69 Å². The third-order valence-electron chi connectivity index (χ3n) is 2.20. The highest BCUT2D eigenvalue weighted by Gasteiger charge is 2.10. The van der Waals surface area contributed by atoms with Crippen molar-refractivity contribution in [3.8, 4) is 22.8 Å². The third kappa shape index (κ3) is 1.59. The lowest BCUT2D eigenvalue weighted by Gasteiger charge is -2.05. The Bertz CT molecular complexity index is 505. The predicted octanol–water partition coefficient (Wildman–Crippen LogP) is 1.38. The van der Waals surface area contributed by atoms with E-state index >= 15 is 0 Å². The number of hydrogen-bond acceptors (Lipinski definition) is 4. The molecule has 0 aliphatic heterocycles. The number of nitrogen functional groups attached to an aromatic ring is 1. The Morgan fingerprint density at radius 2 is 1.93 bits per heavy atom. The molecule has 0 fully saturated rings. The second-order valence-electron chi connectivity index (χ2n) is 3.36. The fourth-order valence-electron chi connectivity index (χ4n) is 1.37. The maximum atomic E-state index is 9.68. The fraction of sp³-hybridized carbons (Fsp3) is 0.100. The van der Waals surface area contributed by atoms with Crippen molar-refractivity contribution in [1.29, 1.82) is 0 Å². The number of rotatable bonds is 1. The van der Waals surface area contributed by atoms with Gasteiger partial charge in [0, 0.05) is 11.6 Å². The number of hydrogen-bond donors (Lipinski definition) is 4. The van der Waals surface area contributed by atoms with E-state index in [1.165, 1.54) is 12.1 Å². The number of phenols is 2. The molecule has 5 nitrogen and oxygen atoms in total. The highest BCUT2D eigenvalue weighted by atomic mass is 16.3. The van der Waals surface area contributed by atoms with Gasteiger partial charge in [-0.1, -0.05) is 0 Å². The minimum atomic E-state index is 0.0777. The van der Waals surface area contributed by atoms with E-state index in [-0.39, 0.29) is 11.5 Å². The summed E-state index contributed by atoms with van der Waals surface area (Å²) in [5, 5.41) is 25.6. The van der Waals surface area contributed by atoms with Crippen LogP contribution in [0, 0.1) is 6.92 Å². The van der Waals surface area contributed by atoms with Crippen LogP contribution >= 0.6 is 0 Å². The van der Waals surface area contributed by atoms with Gasteiger partial charge in [0.2, 0.25) is 0 Å². The minimum absolute atomic E-state index is 0.0777. The maximum Gasteiger partial charge on any atom is 0.145 e. The van der Waals surface area contributed by atoms with Crippen molar-refractivity contribution >= 4 is 5.82 Å². The third-order valence-corrected chi connectivity index (χ3v) is 2.20. The molecular formula is C10H11N3O2. The molecule has 2 aromatic rings. The number of nitrogens with two attached hydrogens (primary N) is 1. The van der Waals surface area contributed by atoms with E-state index in [1.54, 1.807) is 13.0 Å². The second-order valence-corrected chi connectivity index (χ2v) is 3.36. The summed E-state index contributed by atoms with van der Waals surface area (Å²) in [6.07, 6.45) is 0. The van der Waals surface area contributed by atoms with Crippen molar-refractivity contribution in [3.63, 3.8) is 0 Å². The average molecular weight is 205 g/mol. The maximum absolute atomic E-state index is 9.68. The molecule has 78 valence electrons. The van der Waals surface area contributed by atoms with Gasteiger partial charge in [0.1, 0.15) is 17.3 Å². The van der Waals surface area contributed by atoms with Gasteiger partial charge in [-0.3, -0.25) is 5.10 Å². The molecule has 5 N–H and O–H groups in total. The Kier molecular flexibility index (Phi) is 2.00. The molecule has 0 saturated heterocycles. The molecule has 2 rings (SSSR count). The Balaban J connectivity index is 2.58. The van der Waals surface area contributed by atoms with Crippen LogP contribution in [0.5, 0.6) is 11.5 Å². The number of aromatic amines is 1. The summed E-state index contributed by atoms with van der Waals surface area (Å²) in [7, 11) is 0. The SMILES string of the molecule is Cc1cc(O)c(-c2cc(N)n[nH]2)cc1O. The van der Waals surface area contributed by atoms with Gasteiger partial charge in [-0.05, 0) is 24.6 Å². The van der Waals surface area contributed by atoms with Crippen LogP contribution in [0.1, 0.15) is 5.56 Å². The number of benzene rings is 1. The van der Waals surface area contributed by atoms with Crippen LogP contribution in [0.15, 0.2) is 18.2 Å². The van der Waals surface area contributed by atoms with Crippen molar-refractivity contribution in [1.82, 2.24) is 10.2 Å². The van der Waals surface area contributed by atoms with Gasteiger partial charge in [-0.15, -0.1) is 0 Å². The Hall–Kier alpha value is -2.17. The first-order valence-corrected chi connectivity index (χ1v) is 4.42. The van der Waals surface area contributed by atoms with Crippen LogP contribution < -0.4 is 5.73 Å². The first-order valence-electron chi connectivity index (χ1n) is 4.42.